The van der Waals surface area contributed by atoms with E-state index in [0.29, 0.717) is 0 Å². The van der Waals surface area contributed by atoms with Gasteiger partial charge in [0.25, 0.3) is 0 Å². The Labute approximate surface area is 118 Å². The lowest BCUT2D eigenvalue weighted by molar-refractivity contribution is 0.405. The number of thiophene rings is 1. The van der Waals surface area contributed by atoms with Crippen molar-refractivity contribution in [1.82, 2.24) is 5.32 Å². The van der Waals surface area contributed by atoms with Crippen LogP contribution in [-0.2, 0) is 6.42 Å². The molecule has 4 heteroatoms. The molecular weight excluding hydrogens is 258 g/mol. The summed E-state index contributed by atoms with van der Waals surface area (Å²) in [6.45, 7) is 0. The number of hydrogen-bond acceptors (Lipinski definition) is 4. The molecule has 0 fully saturated rings. The van der Waals surface area contributed by atoms with Crippen LogP contribution in [-0.4, -0.2) is 21.3 Å². The van der Waals surface area contributed by atoms with E-state index in [0.717, 1.165) is 17.9 Å². The van der Waals surface area contributed by atoms with Gasteiger partial charge in [-0.05, 0) is 42.6 Å². The van der Waals surface area contributed by atoms with E-state index in [1.165, 1.54) is 10.4 Å². The molecule has 0 saturated carbocycles. The van der Waals surface area contributed by atoms with Gasteiger partial charge in [-0.15, -0.1) is 11.3 Å². The van der Waals surface area contributed by atoms with E-state index in [4.69, 9.17) is 9.47 Å². The fourth-order valence-corrected chi connectivity index (χ4v) is 3.03. The standard InChI is InChI=1S/C15H19NO2S/c1-16-13(15-14(18-3)8-9-19-15)10-11-4-6-12(17-2)7-5-11/h4-9,13,16H,10H2,1-3H3. The molecule has 3 nitrogen and oxygen atoms in total. The second kappa shape index (κ2) is 6.59. The van der Waals surface area contributed by atoms with Crippen molar-refractivity contribution in [3.8, 4) is 11.5 Å². The SMILES string of the molecule is CNC(Cc1ccc(OC)cc1)c1sccc1OC. The van der Waals surface area contributed by atoms with Crippen molar-refractivity contribution in [2.24, 2.45) is 0 Å². The van der Waals surface area contributed by atoms with E-state index in [2.05, 4.69) is 22.8 Å². The Morgan fingerprint density at radius 1 is 1.11 bits per heavy atom. The van der Waals surface area contributed by atoms with Crippen molar-refractivity contribution in [2.75, 3.05) is 21.3 Å². The number of nitrogens with one attached hydrogen (secondary N) is 1. The molecule has 1 aromatic heterocycles. The Hall–Kier alpha value is -1.52. The number of benzene rings is 1. The Balaban J connectivity index is 2.14. The zero-order valence-electron chi connectivity index (χ0n) is 11.5. The van der Waals surface area contributed by atoms with Gasteiger partial charge in [-0.3, -0.25) is 0 Å². The molecule has 1 aromatic carbocycles. The smallest absolute Gasteiger partial charge is 0.134 e. The highest BCUT2D eigenvalue weighted by molar-refractivity contribution is 7.10. The van der Waals surface area contributed by atoms with Crippen LogP contribution < -0.4 is 14.8 Å². The molecule has 0 aliphatic heterocycles. The summed E-state index contributed by atoms with van der Waals surface area (Å²) in [4.78, 5) is 1.24. The van der Waals surface area contributed by atoms with Gasteiger partial charge in [0.1, 0.15) is 11.5 Å². The van der Waals surface area contributed by atoms with E-state index < -0.39 is 0 Å². The molecule has 2 aromatic rings. The van der Waals surface area contributed by atoms with Gasteiger partial charge in [0, 0.05) is 6.04 Å². The molecule has 0 saturated heterocycles. The molecule has 0 bridgehead atoms. The predicted molar refractivity (Wildman–Crippen MR) is 79.4 cm³/mol. The topological polar surface area (TPSA) is 30.5 Å². The van der Waals surface area contributed by atoms with Crippen molar-refractivity contribution in [1.29, 1.82) is 0 Å². The van der Waals surface area contributed by atoms with Gasteiger partial charge in [0.2, 0.25) is 0 Å². The summed E-state index contributed by atoms with van der Waals surface area (Å²) < 4.78 is 10.6. The van der Waals surface area contributed by atoms with Crippen LogP contribution in [0, 0.1) is 0 Å². The highest BCUT2D eigenvalue weighted by Crippen LogP contribution is 2.32. The van der Waals surface area contributed by atoms with Crippen LogP contribution in [0.25, 0.3) is 0 Å². The Kier molecular flexibility index (Phi) is 4.82. The van der Waals surface area contributed by atoms with Crippen LogP contribution in [0.1, 0.15) is 16.5 Å². The molecule has 0 amide bonds. The van der Waals surface area contributed by atoms with Crippen LogP contribution in [0.4, 0.5) is 0 Å². The molecule has 0 spiro atoms. The third kappa shape index (κ3) is 3.28. The lowest BCUT2D eigenvalue weighted by Crippen LogP contribution is -2.18. The number of methoxy groups -OCH3 is 2. The van der Waals surface area contributed by atoms with Crippen LogP contribution in [0.3, 0.4) is 0 Å². The summed E-state index contributed by atoms with van der Waals surface area (Å²) >= 11 is 1.72. The van der Waals surface area contributed by atoms with Gasteiger partial charge in [-0.25, -0.2) is 0 Å². The molecule has 19 heavy (non-hydrogen) atoms. The van der Waals surface area contributed by atoms with Gasteiger partial charge < -0.3 is 14.8 Å². The third-order valence-corrected chi connectivity index (χ3v) is 4.15. The molecule has 1 atom stereocenters. The molecule has 2 rings (SSSR count). The first-order chi connectivity index (χ1) is 9.28. The lowest BCUT2D eigenvalue weighted by atomic mass is 10.0. The van der Waals surface area contributed by atoms with Gasteiger partial charge in [-0.1, -0.05) is 12.1 Å². The second-order valence-electron chi connectivity index (χ2n) is 4.25. The van der Waals surface area contributed by atoms with Crippen LogP contribution >= 0.6 is 11.3 Å². The van der Waals surface area contributed by atoms with Crippen LogP contribution in [0.15, 0.2) is 35.7 Å². The van der Waals surface area contributed by atoms with Crippen LogP contribution in [0.2, 0.25) is 0 Å². The summed E-state index contributed by atoms with van der Waals surface area (Å²) in [7, 11) is 5.38. The minimum atomic E-state index is 0.267. The van der Waals surface area contributed by atoms with E-state index >= 15 is 0 Å². The van der Waals surface area contributed by atoms with Crippen molar-refractivity contribution in [2.45, 2.75) is 12.5 Å². The number of hydrogen-bond donors (Lipinski definition) is 1. The Morgan fingerprint density at radius 2 is 1.84 bits per heavy atom. The van der Waals surface area contributed by atoms with Crippen molar-refractivity contribution >= 4 is 11.3 Å². The first-order valence-electron chi connectivity index (χ1n) is 6.20. The van der Waals surface area contributed by atoms with Crippen LogP contribution in [0.5, 0.6) is 11.5 Å². The largest absolute Gasteiger partial charge is 0.497 e. The highest BCUT2D eigenvalue weighted by atomic mass is 32.1. The summed E-state index contributed by atoms with van der Waals surface area (Å²) in [6, 6.07) is 10.5. The first kappa shape index (κ1) is 13.9. The van der Waals surface area contributed by atoms with E-state index in [1.54, 1.807) is 25.6 Å². The molecule has 0 radical (unpaired) electrons. The summed E-state index contributed by atoms with van der Waals surface area (Å²) in [5.74, 6) is 1.84. The van der Waals surface area contributed by atoms with Gasteiger partial charge >= 0.3 is 0 Å². The highest BCUT2D eigenvalue weighted by Gasteiger charge is 2.16. The fourth-order valence-electron chi connectivity index (χ4n) is 2.05. The Morgan fingerprint density at radius 3 is 2.42 bits per heavy atom. The molecule has 1 unspecified atom stereocenters. The quantitative estimate of drug-likeness (QED) is 0.879. The van der Waals surface area contributed by atoms with E-state index in [1.807, 2.05) is 25.2 Å². The van der Waals surface area contributed by atoms with Crippen molar-refractivity contribution < 1.29 is 9.47 Å². The zero-order chi connectivity index (χ0) is 13.7. The molecule has 102 valence electrons. The number of likely N-dealkylation sites (N-methyl/N-ethyl adjacent to an activating group) is 1. The molecular formula is C15H19NO2S. The zero-order valence-corrected chi connectivity index (χ0v) is 12.3. The molecule has 1 N–H and O–H groups in total. The van der Waals surface area contributed by atoms with E-state index in [9.17, 15) is 0 Å². The maximum Gasteiger partial charge on any atom is 0.134 e. The van der Waals surface area contributed by atoms with Crippen molar-refractivity contribution in [3.05, 3.63) is 46.2 Å². The number of rotatable bonds is 6. The lowest BCUT2D eigenvalue weighted by Gasteiger charge is -2.16. The molecule has 1 heterocycles. The third-order valence-electron chi connectivity index (χ3n) is 3.14. The van der Waals surface area contributed by atoms with Gasteiger partial charge in [0.15, 0.2) is 0 Å². The molecule has 0 aliphatic carbocycles. The van der Waals surface area contributed by atoms with E-state index in [-0.39, 0.29) is 6.04 Å². The maximum atomic E-state index is 5.39. The average molecular weight is 277 g/mol. The summed E-state index contributed by atoms with van der Waals surface area (Å²) in [5.41, 5.74) is 1.27. The first-order valence-corrected chi connectivity index (χ1v) is 7.08. The number of ether oxygens (including phenoxy) is 2. The average Bonchev–Trinajstić information content (AvgIpc) is 2.93. The predicted octanol–water partition coefficient (Wildman–Crippen LogP) is 3.27. The van der Waals surface area contributed by atoms with Gasteiger partial charge in [0.05, 0.1) is 19.1 Å². The minimum Gasteiger partial charge on any atom is -0.497 e. The Bertz CT molecular complexity index is 507. The second-order valence-corrected chi connectivity index (χ2v) is 5.19. The monoisotopic (exact) mass is 277 g/mol. The molecule has 0 aliphatic rings. The minimum absolute atomic E-state index is 0.267. The summed E-state index contributed by atoms with van der Waals surface area (Å²) in [5, 5.41) is 5.42. The summed E-state index contributed by atoms with van der Waals surface area (Å²) in [6.07, 6.45) is 0.928. The normalized spacial score (nSPS) is 12.2. The fraction of sp³-hybridized carbons (Fsp3) is 0.333. The van der Waals surface area contributed by atoms with Gasteiger partial charge in [-0.2, -0.15) is 0 Å². The maximum absolute atomic E-state index is 5.39. The van der Waals surface area contributed by atoms with Crippen molar-refractivity contribution in [3.63, 3.8) is 0 Å².